The molecule has 0 bridgehead atoms. The van der Waals surface area contributed by atoms with E-state index in [1.807, 2.05) is 43.3 Å². The van der Waals surface area contributed by atoms with Crippen molar-refractivity contribution in [1.82, 2.24) is 3.97 Å². The topological polar surface area (TPSA) is 74.6 Å². The van der Waals surface area contributed by atoms with Crippen molar-refractivity contribution in [2.45, 2.75) is 20.3 Å². The van der Waals surface area contributed by atoms with Crippen molar-refractivity contribution in [2.24, 2.45) is 0 Å². The summed E-state index contributed by atoms with van der Waals surface area (Å²) in [6.07, 6.45) is 8.99. The monoisotopic (exact) mass is 529 g/mol. The summed E-state index contributed by atoms with van der Waals surface area (Å²) >= 11 is 6.37. The van der Waals surface area contributed by atoms with Crippen LogP contribution in [0.1, 0.15) is 30.8 Å². The lowest BCUT2D eigenvalue weighted by Crippen LogP contribution is -2.27. The molecule has 9 heteroatoms. The molecule has 0 N–H and O–H groups in total. The first-order chi connectivity index (χ1) is 16.9. The van der Waals surface area contributed by atoms with Crippen molar-refractivity contribution in [2.75, 3.05) is 13.2 Å². The van der Waals surface area contributed by atoms with Crippen LogP contribution in [0.15, 0.2) is 83.8 Å². The fourth-order valence-corrected chi connectivity index (χ4v) is 7.66. The number of halogens is 1. The molecule has 1 aliphatic carbocycles. The largest absolute Gasteiger partial charge is 0.461 e. The SMILES string of the molecule is CCOC(=O)c1c(P(OCC)c2ccccc2)c2cc(Cl)ccc2n1S(=O)(=O)C1=CC=CCC=C1. The molecule has 182 valence electrons. The first kappa shape index (κ1) is 25.4. The summed E-state index contributed by atoms with van der Waals surface area (Å²) < 4.78 is 40.7. The van der Waals surface area contributed by atoms with E-state index in [-0.39, 0.29) is 17.2 Å². The van der Waals surface area contributed by atoms with Crippen LogP contribution in [0, 0.1) is 0 Å². The van der Waals surface area contributed by atoms with Crippen LogP contribution in [0.3, 0.4) is 0 Å². The first-order valence-corrected chi connectivity index (χ1v) is 14.3. The van der Waals surface area contributed by atoms with E-state index in [9.17, 15) is 13.2 Å². The van der Waals surface area contributed by atoms with Gasteiger partial charge in [-0.2, -0.15) is 0 Å². The summed E-state index contributed by atoms with van der Waals surface area (Å²) in [5.41, 5.74) is 0.258. The molecule has 1 unspecified atom stereocenters. The van der Waals surface area contributed by atoms with E-state index in [2.05, 4.69) is 0 Å². The highest BCUT2D eigenvalue weighted by Crippen LogP contribution is 2.42. The van der Waals surface area contributed by atoms with Gasteiger partial charge in [0.1, 0.15) is 0 Å². The summed E-state index contributed by atoms with van der Waals surface area (Å²) in [6, 6.07) is 14.3. The average molecular weight is 530 g/mol. The lowest BCUT2D eigenvalue weighted by molar-refractivity contribution is 0.0520. The third-order valence-electron chi connectivity index (χ3n) is 5.27. The van der Waals surface area contributed by atoms with E-state index in [1.54, 1.807) is 43.4 Å². The van der Waals surface area contributed by atoms with Gasteiger partial charge in [0.25, 0.3) is 10.0 Å². The van der Waals surface area contributed by atoms with Gasteiger partial charge in [-0.25, -0.2) is 17.2 Å². The van der Waals surface area contributed by atoms with Crippen molar-refractivity contribution >= 4 is 57.3 Å². The Balaban J connectivity index is 2.13. The second kappa shape index (κ2) is 10.9. The van der Waals surface area contributed by atoms with Gasteiger partial charge >= 0.3 is 5.97 Å². The van der Waals surface area contributed by atoms with Crippen molar-refractivity contribution in [3.63, 3.8) is 0 Å². The van der Waals surface area contributed by atoms with E-state index in [1.165, 1.54) is 6.08 Å². The number of esters is 1. The normalized spacial score (nSPS) is 14.5. The Labute approximate surface area is 211 Å². The molecule has 0 radical (unpaired) electrons. The van der Waals surface area contributed by atoms with Gasteiger partial charge in [0.05, 0.1) is 25.2 Å². The molecular formula is C26H25ClNO5PS. The van der Waals surface area contributed by atoms with Crippen LogP contribution >= 0.6 is 19.7 Å². The molecule has 0 amide bonds. The van der Waals surface area contributed by atoms with Crippen molar-refractivity contribution in [3.05, 3.63) is 94.5 Å². The van der Waals surface area contributed by atoms with E-state index in [4.69, 9.17) is 20.9 Å². The molecule has 2 aromatic carbocycles. The summed E-state index contributed by atoms with van der Waals surface area (Å²) in [5, 5.41) is 2.24. The Kier molecular flexibility index (Phi) is 7.92. The van der Waals surface area contributed by atoms with Crippen molar-refractivity contribution < 1.29 is 22.5 Å². The molecule has 1 atom stereocenters. The third kappa shape index (κ3) is 5.00. The molecule has 0 aliphatic heterocycles. The third-order valence-corrected chi connectivity index (χ3v) is 9.38. The van der Waals surface area contributed by atoms with E-state index < -0.39 is 24.1 Å². The minimum Gasteiger partial charge on any atom is -0.461 e. The molecule has 1 aromatic heterocycles. The van der Waals surface area contributed by atoms with Gasteiger partial charge in [0.2, 0.25) is 0 Å². The summed E-state index contributed by atoms with van der Waals surface area (Å²) in [4.78, 5) is 13.5. The molecule has 0 spiro atoms. The Hall–Kier alpha value is -2.70. The number of carbonyl (C=O) groups excluding carboxylic acids is 1. The maximum atomic E-state index is 14.0. The van der Waals surface area contributed by atoms with E-state index >= 15 is 0 Å². The van der Waals surface area contributed by atoms with Gasteiger partial charge in [-0.3, -0.25) is 0 Å². The fourth-order valence-electron chi connectivity index (χ4n) is 3.85. The van der Waals surface area contributed by atoms with Crippen molar-refractivity contribution in [1.29, 1.82) is 0 Å². The van der Waals surface area contributed by atoms with Gasteiger partial charge in [0, 0.05) is 27.6 Å². The highest BCUT2D eigenvalue weighted by atomic mass is 35.5. The number of hydrogen-bond donors (Lipinski definition) is 0. The number of aromatic nitrogens is 1. The highest BCUT2D eigenvalue weighted by molar-refractivity contribution is 7.94. The second-order valence-electron chi connectivity index (χ2n) is 7.53. The van der Waals surface area contributed by atoms with E-state index in [0.717, 1.165) is 9.28 Å². The molecule has 35 heavy (non-hydrogen) atoms. The zero-order valence-electron chi connectivity index (χ0n) is 19.3. The van der Waals surface area contributed by atoms with Crippen LogP contribution in [0.25, 0.3) is 10.9 Å². The van der Waals surface area contributed by atoms with Gasteiger partial charge in [0.15, 0.2) is 5.69 Å². The van der Waals surface area contributed by atoms with Crippen LogP contribution < -0.4 is 10.6 Å². The van der Waals surface area contributed by atoms with Crippen molar-refractivity contribution in [3.8, 4) is 0 Å². The number of allylic oxidation sites excluding steroid dienone is 5. The summed E-state index contributed by atoms with van der Waals surface area (Å²) in [7, 11) is -5.75. The zero-order chi connectivity index (χ0) is 25.0. The predicted molar refractivity (Wildman–Crippen MR) is 142 cm³/mol. The van der Waals surface area contributed by atoms with Crippen LogP contribution in [0.2, 0.25) is 5.02 Å². The molecular weight excluding hydrogens is 505 g/mol. The predicted octanol–water partition coefficient (Wildman–Crippen LogP) is 5.43. The number of hydrogen-bond acceptors (Lipinski definition) is 5. The van der Waals surface area contributed by atoms with Crippen LogP contribution in [0.4, 0.5) is 0 Å². The second-order valence-corrected chi connectivity index (χ2v) is 11.6. The molecule has 4 rings (SSSR count). The Morgan fingerprint density at radius 3 is 2.57 bits per heavy atom. The standard InChI is InChI=1S/C26H25ClNO5PS/c1-3-32-26(29)24-25(34(33-4-2)20-12-8-7-9-13-20)22-18-19(27)16-17-23(22)28(24)35(30,31)21-14-10-5-6-11-15-21/h5,7-18H,3-4,6H2,1-2H3. The molecule has 0 saturated carbocycles. The maximum Gasteiger partial charge on any atom is 0.356 e. The Morgan fingerprint density at radius 2 is 1.86 bits per heavy atom. The van der Waals surface area contributed by atoms with E-state index in [0.29, 0.717) is 34.3 Å². The minimum atomic E-state index is -4.18. The first-order valence-electron chi connectivity index (χ1n) is 11.2. The summed E-state index contributed by atoms with van der Waals surface area (Å²) in [6.45, 7) is 3.99. The Bertz CT molecular complexity index is 1440. The van der Waals surface area contributed by atoms with Gasteiger partial charge in [-0.15, -0.1) is 0 Å². The lowest BCUT2D eigenvalue weighted by Gasteiger charge is -2.19. The molecule has 0 fully saturated rings. The number of rotatable bonds is 8. The number of benzene rings is 2. The number of fused-ring (bicyclic) bond motifs is 1. The molecule has 0 saturated heterocycles. The van der Waals surface area contributed by atoms with Gasteiger partial charge in [-0.05, 0) is 50.6 Å². The van der Waals surface area contributed by atoms with Gasteiger partial charge in [-0.1, -0.05) is 60.2 Å². The quantitative estimate of drug-likeness (QED) is 0.287. The molecule has 1 aliphatic rings. The highest BCUT2D eigenvalue weighted by Gasteiger charge is 2.36. The Morgan fingerprint density at radius 1 is 1.09 bits per heavy atom. The number of nitrogens with zero attached hydrogens (tertiary/aromatic N) is 1. The lowest BCUT2D eigenvalue weighted by atomic mass is 10.2. The van der Waals surface area contributed by atoms with Crippen LogP contribution in [0.5, 0.6) is 0 Å². The number of carbonyl (C=O) groups is 1. The smallest absolute Gasteiger partial charge is 0.356 e. The van der Waals surface area contributed by atoms with Crippen LogP contribution in [-0.2, 0) is 19.3 Å². The summed E-state index contributed by atoms with van der Waals surface area (Å²) in [5.74, 6) is -0.740. The molecule has 3 aromatic rings. The molecule has 1 heterocycles. The average Bonchev–Trinajstić information content (AvgIpc) is 2.99. The molecule has 6 nitrogen and oxygen atoms in total. The minimum absolute atomic E-state index is 0.0654. The van der Waals surface area contributed by atoms with Crippen LogP contribution in [-0.4, -0.2) is 31.6 Å². The zero-order valence-corrected chi connectivity index (χ0v) is 21.8. The number of ether oxygens (including phenoxy) is 1. The van der Waals surface area contributed by atoms with Gasteiger partial charge < -0.3 is 9.26 Å². The maximum absolute atomic E-state index is 14.0. The fraction of sp³-hybridized carbons (Fsp3) is 0.192.